The molecule has 8 heteroatoms. The summed E-state index contributed by atoms with van der Waals surface area (Å²) < 4.78 is 0. The van der Waals surface area contributed by atoms with E-state index in [1.165, 1.54) is 23.1 Å². The zero-order chi connectivity index (χ0) is 17.6. The minimum atomic E-state index is -1.10. The molecule has 0 heterocycles. The lowest BCUT2D eigenvalue weighted by Gasteiger charge is -2.27. The number of hydrogen-bond donors (Lipinski definition) is 2. The van der Waals surface area contributed by atoms with Crippen molar-refractivity contribution in [2.24, 2.45) is 0 Å². The Kier molecular flexibility index (Phi) is 7.32. The van der Waals surface area contributed by atoms with Gasteiger partial charge in [-0.1, -0.05) is 30.1 Å². The molecule has 0 aromatic heterocycles. The molecule has 1 atom stereocenters. The number of aliphatic carboxylic acids is 1. The van der Waals surface area contributed by atoms with Crippen molar-refractivity contribution in [3.05, 3.63) is 33.8 Å². The van der Waals surface area contributed by atoms with E-state index in [1.807, 2.05) is 6.92 Å². The summed E-state index contributed by atoms with van der Waals surface area (Å²) in [5.41, 5.74) is 0.264. The number of nitrogens with one attached hydrogen (secondary N) is 1. The fraction of sp³-hybridized carbons (Fsp3) is 0.400. The first-order valence-corrected chi connectivity index (χ1v) is 7.76. The SMILES string of the molecule is CCC(C)N(CC(=O)O)C(=O)CNC(=O)c1ccc(Cl)c(Cl)c1. The van der Waals surface area contributed by atoms with Crippen molar-refractivity contribution in [1.29, 1.82) is 0 Å². The predicted octanol–water partition coefficient (Wildman–Crippen LogP) is 2.43. The second-order valence-electron chi connectivity index (χ2n) is 4.98. The highest BCUT2D eigenvalue weighted by Crippen LogP contribution is 2.22. The number of benzene rings is 1. The molecule has 0 aliphatic rings. The van der Waals surface area contributed by atoms with Crippen LogP contribution in [0, 0.1) is 0 Å². The molecule has 2 N–H and O–H groups in total. The number of carbonyl (C=O) groups excluding carboxylic acids is 2. The molecule has 2 amide bonds. The first kappa shape index (κ1) is 19.3. The Balaban J connectivity index is 2.70. The van der Waals surface area contributed by atoms with Crippen molar-refractivity contribution >= 4 is 41.0 Å². The number of nitrogens with zero attached hydrogens (tertiary/aromatic N) is 1. The molecule has 0 radical (unpaired) electrons. The van der Waals surface area contributed by atoms with Crippen molar-refractivity contribution in [1.82, 2.24) is 10.2 Å². The molecule has 1 aromatic rings. The summed E-state index contributed by atoms with van der Waals surface area (Å²) in [6.45, 7) is 2.90. The van der Waals surface area contributed by atoms with Gasteiger partial charge >= 0.3 is 5.97 Å². The number of carbonyl (C=O) groups is 3. The van der Waals surface area contributed by atoms with Crippen molar-refractivity contribution in [2.45, 2.75) is 26.3 Å². The molecule has 0 spiro atoms. The quantitative estimate of drug-likeness (QED) is 0.781. The van der Waals surface area contributed by atoms with E-state index in [0.29, 0.717) is 11.4 Å². The van der Waals surface area contributed by atoms with Crippen molar-refractivity contribution in [3.63, 3.8) is 0 Å². The number of amides is 2. The van der Waals surface area contributed by atoms with Crippen LogP contribution >= 0.6 is 23.2 Å². The fourth-order valence-corrected chi connectivity index (χ4v) is 2.15. The molecule has 126 valence electrons. The van der Waals surface area contributed by atoms with Gasteiger partial charge in [0.05, 0.1) is 16.6 Å². The zero-order valence-electron chi connectivity index (χ0n) is 12.8. The highest BCUT2D eigenvalue weighted by Gasteiger charge is 2.22. The van der Waals surface area contributed by atoms with Crippen LogP contribution in [0.25, 0.3) is 0 Å². The van der Waals surface area contributed by atoms with Gasteiger partial charge in [-0.05, 0) is 31.5 Å². The van der Waals surface area contributed by atoms with E-state index in [0.717, 1.165) is 0 Å². The number of hydrogen-bond acceptors (Lipinski definition) is 3. The van der Waals surface area contributed by atoms with Crippen LogP contribution in [0.3, 0.4) is 0 Å². The van der Waals surface area contributed by atoms with Gasteiger partial charge in [0.1, 0.15) is 6.54 Å². The Hall–Kier alpha value is -1.79. The van der Waals surface area contributed by atoms with Gasteiger partial charge in [0, 0.05) is 11.6 Å². The normalized spacial score (nSPS) is 11.7. The summed E-state index contributed by atoms with van der Waals surface area (Å²) in [5.74, 6) is -2.05. The summed E-state index contributed by atoms with van der Waals surface area (Å²) in [5, 5.41) is 11.9. The molecular formula is C15H18Cl2N2O4. The maximum Gasteiger partial charge on any atom is 0.323 e. The van der Waals surface area contributed by atoms with Gasteiger partial charge in [-0.2, -0.15) is 0 Å². The maximum absolute atomic E-state index is 12.1. The lowest BCUT2D eigenvalue weighted by Crippen LogP contribution is -2.46. The summed E-state index contributed by atoms with van der Waals surface area (Å²) in [6, 6.07) is 4.13. The van der Waals surface area contributed by atoms with Crippen molar-refractivity contribution < 1.29 is 19.5 Å². The Morgan fingerprint density at radius 2 is 1.91 bits per heavy atom. The van der Waals surface area contributed by atoms with Gasteiger partial charge in [0.2, 0.25) is 5.91 Å². The van der Waals surface area contributed by atoms with Crippen LogP contribution in [-0.4, -0.2) is 46.9 Å². The van der Waals surface area contributed by atoms with Crippen LogP contribution in [0.2, 0.25) is 10.0 Å². The van der Waals surface area contributed by atoms with Crippen LogP contribution < -0.4 is 5.32 Å². The molecule has 0 aliphatic carbocycles. The van der Waals surface area contributed by atoms with Crippen LogP contribution in [0.15, 0.2) is 18.2 Å². The molecule has 0 saturated heterocycles. The zero-order valence-corrected chi connectivity index (χ0v) is 14.3. The first-order chi connectivity index (χ1) is 10.8. The minimum absolute atomic E-state index is 0.234. The fourth-order valence-electron chi connectivity index (χ4n) is 1.85. The molecule has 0 saturated carbocycles. The summed E-state index contributed by atoms with van der Waals surface area (Å²) in [4.78, 5) is 36.2. The van der Waals surface area contributed by atoms with Gasteiger partial charge in [0.25, 0.3) is 5.91 Å². The van der Waals surface area contributed by atoms with E-state index in [4.69, 9.17) is 28.3 Å². The second-order valence-corrected chi connectivity index (χ2v) is 5.80. The predicted molar refractivity (Wildman–Crippen MR) is 87.9 cm³/mol. The van der Waals surface area contributed by atoms with Gasteiger partial charge in [-0.3, -0.25) is 14.4 Å². The lowest BCUT2D eigenvalue weighted by atomic mass is 10.2. The Labute approximate surface area is 144 Å². The second kappa shape index (κ2) is 8.74. The number of rotatable bonds is 7. The van der Waals surface area contributed by atoms with E-state index in [2.05, 4.69) is 5.32 Å². The average Bonchev–Trinajstić information content (AvgIpc) is 2.51. The smallest absolute Gasteiger partial charge is 0.323 e. The van der Waals surface area contributed by atoms with Gasteiger partial charge in [-0.15, -0.1) is 0 Å². The van der Waals surface area contributed by atoms with Crippen LogP contribution in [0.5, 0.6) is 0 Å². The molecule has 6 nitrogen and oxygen atoms in total. The minimum Gasteiger partial charge on any atom is -0.480 e. The molecular weight excluding hydrogens is 343 g/mol. The van der Waals surface area contributed by atoms with E-state index >= 15 is 0 Å². The van der Waals surface area contributed by atoms with Crippen LogP contribution in [0.4, 0.5) is 0 Å². The molecule has 1 aromatic carbocycles. The van der Waals surface area contributed by atoms with E-state index in [9.17, 15) is 14.4 Å². The molecule has 23 heavy (non-hydrogen) atoms. The molecule has 1 rings (SSSR count). The molecule has 0 bridgehead atoms. The van der Waals surface area contributed by atoms with E-state index in [1.54, 1.807) is 6.92 Å². The third-order valence-corrected chi connectivity index (χ3v) is 4.07. The largest absolute Gasteiger partial charge is 0.480 e. The highest BCUT2D eigenvalue weighted by molar-refractivity contribution is 6.42. The third-order valence-electron chi connectivity index (χ3n) is 3.33. The first-order valence-electron chi connectivity index (χ1n) is 7.00. The highest BCUT2D eigenvalue weighted by atomic mass is 35.5. The van der Waals surface area contributed by atoms with Crippen molar-refractivity contribution in [3.8, 4) is 0 Å². The van der Waals surface area contributed by atoms with Crippen LogP contribution in [-0.2, 0) is 9.59 Å². The maximum atomic E-state index is 12.1. The number of carboxylic acids is 1. The topological polar surface area (TPSA) is 86.7 Å². The standard InChI is InChI=1S/C15H18Cl2N2O4/c1-3-9(2)19(8-14(21)22)13(20)7-18-15(23)10-4-5-11(16)12(17)6-10/h4-6,9H,3,7-8H2,1-2H3,(H,18,23)(H,21,22). The summed E-state index contributed by atoms with van der Waals surface area (Å²) >= 11 is 11.6. The van der Waals surface area contributed by atoms with Gasteiger partial charge < -0.3 is 15.3 Å². The molecule has 0 fully saturated rings. The molecule has 1 unspecified atom stereocenters. The average molecular weight is 361 g/mol. The summed E-state index contributed by atoms with van der Waals surface area (Å²) in [6.07, 6.45) is 0.611. The number of carboxylic acid groups (broad SMARTS) is 1. The monoisotopic (exact) mass is 360 g/mol. The Morgan fingerprint density at radius 3 is 2.43 bits per heavy atom. The van der Waals surface area contributed by atoms with Gasteiger partial charge in [-0.25, -0.2) is 0 Å². The lowest BCUT2D eigenvalue weighted by molar-refractivity contribution is -0.145. The number of halogens is 2. The Morgan fingerprint density at radius 1 is 1.26 bits per heavy atom. The van der Waals surface area contributed by atoms with Crippen molar-refractivity contribution in [2.75, 3.05) is 13.1 Å². The van der Waals surface area contributed by atoms with E-state index < -0.39 is 24.3 Å². The Bertz CT molecular complexity index is 607. The third kappa shape index (κ3) is 5.73. The van der Waals surface area contributed by atoms with E-state index in [-0.39, 0.29) is 23.2 Å². The molecule has 0 aliphatic heterocycles. The van der Waals surface area contributed by atoms with Crippen LogP contribution in [0.1, 0.15) is 30.6 Å². The summed E-state index contributed by atoms with van der Waals surface area (Å²) in [7, 11) is 0. The van der Waals surface area contributed by atoms with Gasteiger partial charge in [0.15, 0.2) is 0 Å².